The molecule has 3 rings (SSSR count). The van der Waals surface area contributed by atoms with Gasteiger partial charge < -0.3 is 10.1 Å². The van der Waals surface area contributed by atoms with E-state index >= 15 is 0 Å². The summed E-state index contributed by atoms with van der Waals surface area (Å²) < 4.78 is 5.14. The van der Waals surface area contributed by atoms with Crippen LogP contribution in [0.15, 0.2) is 42.5 Å². The minimum atomic E-state index is -0.652. The zero-order chi connectivity index (χ0) is 17.3. The summed E-state index contributed by atoms with van der Waals surface area (Å²) in [6.07, 6.45) is 0.0658. The van der Waals surface area contributed by atoms with Gasteiger partial charge in [-0.2, -0.15) is 0 Å². The van der Waals surface area contributed by atoms with Crippen molar-refractivity contribution in [1.82, 2.24) is 0 Å². The van der Waals surface area contributed by atoms with Gasteiger partial charge in [-0.1, -0.05) is 29.3 Å². The number of amides is 2. The van der Waals surface area contributed by atoms with Gasteiger partial charge in [0.05, 0.1) is 29.3 Å². The number of nitrogens with one attached hydrogen (secondary N) is 1. The summed E-state index contributed by atoms with van der Waals surface area (Å²) in [5, 5.41) is 3.83. The van der Waals surface area contributed by atoms with Crippen LogP contribution in [0.1, 0.15) is 6.42 Å². The van der Waals surface area contributed by atoms with Gasteiger partial charge in [-0.15, -0.1) is 0 Å². The summed E-state index contributed by atoms with van der Waals surface area (Å²) in [5.74, 6) is -0.0147. The summed E-state index contributed by atoms with van der Waals surface area (Å²) in [4.78, 5) is 26.1. The van der Waals surface area contributed by atoms with Crippen molar-refractivity contribution in [1.29, 1.82) is 0 Å². The van der Waals surface area contributed by atoms with Gasteiger partial charge in [-0.05, 0) is 30.3 Å². The van der Waals surface area contributed by atoms with Crippen molar-refractivity contribution in [2.24, 2.45) is 0 Å². The number of anilines is 2. The van der Waals surface area contributed by atoms with E-state index in [1.165, 1.54) is 7.11 Å². The third-order valence-corrected chi connectivity index (χ3v) is 4.46. The highest BCUT2D eigenvalue weighted by atomic mass is 35.5. The van der Waals surface area contributed by atoms with Crippen LogP contribution in [0.4, 0.5) is 11.4 Å². The molecular formula is C17H14Cl2N2O3. The van der Waals surface area contributed by atoms with Crippen molar-refractivity contribution in [3.63, 3.8) is 0 Å². The molecule has 5 nitrogen and oxygen atoms in total. The Balaban J connectivity index is 1.82. The van der Waals surface area contributed by atoms with E-state index in [-0.39, 0.29) is 18.2 Å². The van der Waals surface area contributed by atoms with Crippen LogP contribution in [0.2, 0.25) is 10.0 Å². The Morgan fingerprint density at radius 2 is 1.92 bits per heavy atom. The highest BCUT2D eigenvalue weighted by Crippen LogP contribution is 2.29. The number of halogens is 2. The van der Waals surface area contributed by atoms with Crippen molar-refractivity contribution in [2.45, 2.75) is 12.5 Å². The molecule has 0 aliphatic carbocycles. The third kappa shape index (κ3) is 3.18. The Morgan fingerprint density at radius 1 is 1.12 bits per heavy atom. The average Bonchev–Trinajstić information content (AvgIpc) is 2.85. The Bertz CT molecular complexity index is 810. The largest absolute Gasteiger partial charge is 0.497 e. The molecule has 24 heavy (non-hydrogen) atoms. The molecule has 1 aliphatic rings. The SMILES string of the molecule is COc1cccc(N2C(=O)CC(Nc3ccc(Cl)c(Cl)c3)C2=O)c1. The van der Waals surface area contributed by atoms with Gasteiger partial charge in [0.2, 0.25) is 5.91 Å². The Morgan fingerprint density at radius 3 is 2.62 bits per heavy atom. The summed E-state index contributed by atoms with van der Waals surface area (Å²) in [6, 6.07) is 11.1. The van der Waals surface area contributed by atoms with Crippen LogP contribution in [0, 0.1) is 0 Å². The molecule has 1 N–H and O–H groups in total. The first kappa shape index (κ1) is 16.6. The molecule has 2 aromatic rings. The normalized spacial score (nSPS) is 17.3. The lowest BCUT2D eigenvalue weighted by molar-refractivity contribution is -0.121. The van der Waals surface area contributed by atoms with Crippen LogP contribution < -0.4 is 15.0 Å². The van der Waals surface area contributed by atoms with Crippen LogP contribution in [0.5, 0.6) is 5.75 Å². The predicted octanol–water partition coefficient (Wildman–Crippen LogP) is 3.75. The topological polar surface area (TPSA) is 58.6 Å². The summed E-state index contributed by atoms with van der Waals surface area (Å²) >= 11 is 11.9. The van der Waals surface area contributed by atoms with Gasteiger partial charge in [-0.3, -0.25) is 9.59 Å². The van der Waals surface area contributed by atoms with Crippen LogP contribution in [0.25, 0.3) is 0 Å². The van der Waals surface area contributed by atoms with E-state index in [0.717, 1.165) is 4.90 Å². The zero-order valence-corrected chi connectivity index (χ0v) is 14.3. The minimum absolute atomic E-state index is 0.0658. The van der Waals surface area contributed by atoms with Crippen LogP contribution in [0.3, 0.4) is 0 Å². The van der Waals surface area contributed by atoms with Crippen molar-refractivity contribution in [2.75, 3.05) is 17.3 Å². The molecule has 1 aliphatic heterocycles. The van der Waals surface area contributed by atoms with E-state index in [0.29, 0.717) is 27.2 Å². The number of carbonyl (C=O) groups is 2. The molecule has 1 unspecified atom stereocenters. The van der Waals surface area contributed by atoms with Gasteiger partial charge >= 0.3 is 0 Å². The number of hydrogen-bond donors (Lipinski definition) is 1. The maximum absolute atomic E-state index is 12.6. The lowest BCUT2D eigenvalue weighted by Gasteiger charge is -2.17. The number of methoxy groups -OCH3 is 1. The molecule has 2 aromatic carbocycles. The molecule has 0 aromatic heterocycles. The Kier molecular flexibility index (Phi) is 4.64. The molecule has 0 spiro atoms. The first-order valence-electron chi connectivity index (χ1n) is 7.22. The van der Waals surface area contributed by atoms with Crippen LogP contribution in [-0.2, 0) is 9.59 Å². The second-order valence-electron chi connectivity index (χ2n) is 5.30. The molecule has 1 heterocycles. The highest BCUT2D eigenvalue weighted by Gasteiger charge is 2.39. The van der Waals surface area contributed by atoms with Crippen molar-refractivity contribution in [3.05, 3.63) is 52.5 Å². The molecular weight excluding hydrogens is 351 g/mol. The highest BCUT2D eigenvalue weighted by molar-refractivity contribution is 6.42. The number of hydrogen-bond acceptors (Lipinski definition) is 4. The molecule has 1 fully saturated rings. The monoisotopic (exact) mass is 364 g/mol. The van der Waals surface area contributed by atoms with Gasteiger partial charge in [0.1, 0.15) is 11.8 Å². The summed E-state index contributed by atoms with van der Waals surface area (Å²) in [6.45, 7) is 0. The third-order valence-electron chi connectivity index (χ3n) is 3.72. The number of imide groups is 1. The molecule has 0 saturated carbocycles. The molecule has 7 heteroatoms. The summed E-state index contributed by atoms with van der Waals surface area (Å²) in [7, 11) is 1.53. The van der Waals surface area contributed by atoms with E-state index in [2.05, 4.69) is 5.32 Å². The molecule has 2 amide bonds. The fraction of sp³-hybridized carbons (Fsp3) is 0.176. The molecule has 1 saturated heterocycles. The number of nitrogens with zero attached hydrogens (tertiary/aromatic N) is 1. The van der Waals surface area contributed by atoms with E-state index in [1.54, 1.807) is 42.5 Å². The molecule has 1 atom stereocenters. The number of rotatable bonds is 4. The Hall–Kier alpha value is -2.24. The lowest BCUT2D eigenvalue weighted by atomic mass is 10.2. The number of benzene rings is 2. The van der Waals surface area contributed by atoms with Crippen LogP contribution in [-0.4, -0.2) is 25.0 Å². The minimum Gasteiger partial charge on any atom is -0.497 e. The van der Waals surface area contributed by atoms with Gasteiger partial charge in [-0.25, -0.2) is 4.90 Å². The number of ether oxygens (including phenoxy) is 1. The second-order valence-corrected chi connectivity index (χ2v) is 6.11. The quantitative estimate of drug-likeness (QED) is 0.839. The Labute approximate surface area is 149 Å². The standard InChI is InChI=1S/C17H14Cl2N2O3/c1-24-12-4-2-3-11(8-12)21-16(22)9-15(17(21)23)20-10-5-6-13(18)14(19)7-10/h2-8,15,20H,9H2,1H3. The lowest BCUT2D eigenvalue weighted by Crippen LogP contribution is -2.34. The van der Waals surface area contributed by atoms with E-state index in [9.17, 15) is 9.59 Å². The van der Waals surface area contributed by atoms with E-state index in [4.69, 9.17) is 27.9 Å². The van der Waals surface area contributed by atoms with Gasteiger partial charge in [0, 0.05) is 11.8 Å². The molecule has 0 radical (unpaired) electrons. The number of carbonyl (C=O) groups excluding carboxylic acids is 2. The van der Waals surface area contributed by atoms with E-state index < -0.39 is 6.04 Å². The van der Waals surface area contributed by atoms with Gasteiger partial charge in [0.15, 0.2) is 0 Å². The fourth-order valence-corrected chi connectivity index (χ4v) is 2.85. The predicted molar refractivity (Wildman–Crippen MR) is 94.0 cm³/mol. The van der Waals surface area contributed by atoms with Gasteiger partial charge in [0.25, 0.3) is 5.91 Å². The van der Waals surface area contributed by atoms with Crippen LogP contribution >= 0.6 is 23.2 Å². The zero-order valence-electron chi connectivity index (χ0n) is 12.8. The fourth-order valence-electron chi connectivity index (χ4n) is 2.55. The maximum Gasteiger partial charge on any atom is 0.256 e. The first-order chi connectivity index (χ1) is 11.5. The van der Waals surface area contributed by atoms with Crippen molar-refractivity contribution < 1.29 is 14.3 Å². The average molecular weight is 365 g/mol. The first-order valence-corrected chi connectivity index (χ1v) is 7.97. The maximum atomic E-state index is 12.6. The molecule has 124 valence electrons. The van der Waals surface area contributed by atoms with Crippen molar-refractivity contribution in [3.8, 4) is 5.75 Å². The molecule has 0 bridgehead atoms. The summed E-state index contributed by atoms with van der Waals surface area (Å²) in [5.41, 5.74) is 1.12. The second kappa shape index (κ2) is 6.71. The smallest absolute Gasteiger partial charge is 0.256 e. The van der Waals surface area contributed by atoms with Crippen molar-refractivity contribution >= 4 is 46.4 Å². The van der Waals surface area contributed by atoms with E-state index in [1.807, 2.05) is 0 Å².